The van der Waals surface area contributed by atoms with Crippen LogP contribution in [0, 0.1) is 0 Å². The van der Waals surface area contributed by atoms with E-state index >= 15 is 0 Å². The average Bonchev–Trinajstić information content (AvgIpc) is 0.799. The van der Waals surface area contributed by atoms with E-state index in [1.165, 1.54) is 30.3 Å². The summed E-state index contributed by atoms with van der Waals surface area (Å²) in [7, 11) is 2.84. The number of nitrogen functional groups attached to an aromatic ring is 1. The Morgan fingerprint density at radius 3 is 0.901 bits per heavy atom. The first-order chi connectivity index (χ1) is 48.6. The Hall–Kier alpha value is -11.4. The van der Waals surface area contributed by atoms with Gasteiger partial charge in [0, 0.05) is 110 Å². The number of aromatic nitrogens is 6. The van der Waals surface area contributed by atoms with Gasteiger partial charge < -0.3 is 60.3 Å². The number of sulfonamides is 3. The van der Waals surface area contributed by atoms with Gasteiger partial charge in [0.15, 0.2) is 34.9 Å². The van der Waals surface area contributed by atoms with Crippen LogP contribution in [0.25, 0.3) is 33.1 Å². The quantitative estimate of drug-likeness (QED) is 0.0167. The maximum atomic E-state index is 13.3. The second-order valence-corrected chi connectivity index (χ2v) is 26.5. The Morgan fingerprint density at radius 2 is 0.614 bits per heavy atom. The summed E-state index contributed by atoms with van der Waals surface area (Å²) in [6, 6.07) is 56.4. The summed E-state index contributed by atoms with van der Waals surface area (Å²) in [4.78, 5) is 31.3. The zero-order chi connectivity index (χ0) is 72.4. The normalized spacial score (nSPS) is 11.0. The van der Waals surface area contributed by atoms with Crippen LogP contribution in [0.2, 0.25) is 0 Å². The van der Waals surface area contributed by atoms with E-state index in [9.17, 15) is 25.3 Å². The molecule has 0 fully saturated rings. The van der Waals surface area contributed by atoms with Crippen molar-refractivity contribution >= 4 is 155 Å². The molecule has 9 N–H and O–H groups in total. The summed E-state index contributed by atoms with van der Waals surface area (Å²) >= 11 is 2.15. The molecule has 12 aromatic rings. The smallest absolute Gasteiger partial charge is 0.263 e. The van der Waals surface area contributed by atoms with Crippen molar-refractivity contribution in [1.29, 1.82) is 0 Å². The van der Waals surface area contributed by atoms with Crippen molar-refractivity contribution in [1.82, 2.24) is 29.9 Å². The standard InChI is InChI=1S/C24H25N5O4S.C23H23N5O4S.C22H21N5O4S.CH3I/c1-29(2)17-8-7-9-20(14-17)34(30,31)28-24-23(26-21-10-5-6-11-22(21)27-24)25-16-12-18(32-3)15-19(13-16)33-4;1-24-15-7-6-8-19(13-15)33(29,30)28-23-22(26-20-9-4-5-10-21(20)27-23)25-16-11-17(31-2)14-18(12-16)32-3;1-30-16-11-15(12-17(13-16)31-2)24-21-22(26-20-9-4-3-8-19(20)25-21)27-32(28,29)18-7-5-6-14(23)10-18;1-2/h5-15H,1-4H3,(H,25,26)(H,27,28);4-14,24H,1-3H3,(H,25,26)(H,27,28);3-13H,23H2,1-2H3,(H,24,25)(H,26,27);1H3. The summed E-state index contributed by atoms with van der Waals surface area (Å²) in [5.74, 6) is 4.23. The molecule has 3 heterocycles. The first-order valence-corrected chi connectivity index (χ1v) is 36.9. The number of methoxy groups -OCH3 is 6. The summed E-state index contributed by atoms with van der Waals surface area (Å²) in [5.41, 5.74) is 12.7. The molecule has 0 saturated heterocycles. The van der Waals surface area contributed by atoms with Gasteiger partial charge in [0.05, 0.1) is 90.4 Å². The van der Waals surface area contributed by atoms with Gasteiger partial charge in [-0.25, -0.2) is 55.2 Å². The molecule has 0 aliphatic rings. The van der Waals surface area contributed by atoms with Gasteiger partial charge in [0.1, 0.15) is 34.5 Å². The molecule has 524 valence electrons. The second-order valence-electron chi connectivity index (χ2n) is 21.5. The molecule has 0 atom stereocenters. The molecule has 0 aliphatic heterocycles. The van der Waals surface area contributed by atoms with E-state index in [0.717, 1.165) is 5.69 Å². The molecule has 101 heavy (non-hydrogen) atoms. The van der Waals surface area contributed by atoms with Gasteiger partial charge in [0.2, 0.25) is 0 Å². The fraction of sp³-hybridized carbons (Fsp3) is 0.143. The molecule has 3 aromatic heterocycles. The number of nitrogens with one attached hydrogen (secondary N) is 7. The SMILES string of the molecule is CI.CNc1cccc(S(=O)(=O)Nc2nc3ccccc3nc2Nc2cc(OC)cc(OC)c2)c1.COc1cc(Nc2nc3ccccc3nc2NS(=O)(=O)c2cccc(N(C)C)c2)cc(OC)c1.COc1cc(Nc2nc3ccccc3nc2NS(=O)(=O)c2cccc(N)c2)cc(OC)c1. The van der Waals surface area contributed by atoms with Gasteiger partial charge in [-0.3, -0.25) is 14.2 Å². The Morgan fingerprint density at radius 1 is 0.337 bits per heavy atom. The lowest BCUT2D eigenvalue weighted by Crippen LogP contribution is -2.17. The predicted octanol–water partition coefficient (Wildman–Crippen LogP) is 13.3. The fourth-order valence-corrected chi connectivity index (χ4v) is 12.7. The van der Waals surface area contributed by atoms with Crippen LogP contribution in [-0.2, 0) is 30.1 Å². The number of nitrogens with zero attached hydrogens (tertiary/aromatic N) is 7. The molecule has 0 unspecified atom stereocenters. The highest BCUT2D eigenvalue weighted by Crippen LogP contribution is 2.36. The molecular formula is C70H72IN15O12S3. The number of nitrogens with two attached hydrogens (primary N) is 1. The van der Waals surface area contributed by atoms with Crippen molar-refractivity contribution < 1.29 is 53.7 Å². The molecule has 0 saturated carbocycles. The van der Waals surface area contributed by atoms with E-state index in [-0.39, 0.29) is 49.6 Å². The number of anilines is 12. The van der Waals surface area contributed by atoms with Crippen molar-refractivity contribution in [2.75, 3.05) is 115 Å². The fourth-order valence-electron chi connectivity index (χ4n) is 9.51. The predicted molar refractivity (Wildman–Crippen MR) is 407 cm³/mol. The van der Waals surface area contributed by atoms with Crippen LogP contribution in [0.3, 0.4) is 0 Å². The zero-order valence-corrected chi connectivity index (χ0v) is 60.9. The highest BCUT2D eigenvalue weighted by Gasteiger charge is 2.24. The van der Waals surface area contributed by atoms with Gasteiger partial charge in [-0.1, -0.05) is 77.2 Å². The number of alkyl halides is 1. The van der Waals surface area contributed by atoms with E-state index in [0.29, 0.717) is 96.0 Å². The molecular weight excluding hydrogens is 1470 g/mol. The van der Waals surface area contributed by atoms with Crippen LogP contribution in [0.5, 0.6) is 34.5 Å². The number of hydrogen-bond acceptors (Lipinski definition) is 24. The van der Waals surface area contributed by atoms with Gasteiger partial charge >= 0.3 is 0 Å². The van der Waals surface area contributed by atoms with Crippen LogP contribution in [0.15, 0.2) is 215 Å². The van der Waals surface area contributed by atoms with Crippen molar-refractivity contribution in [2.24, 2.45) is 0 Å². The topological polar surface area (TPSA) is 349 Å². The molecule has 0 radical (unpaired) electrons. The van der Waals surface area contributed by atoms with Crippen LogP contribution < -0.4 is 74.5 Å². The number of para-hydroxylation sites is 6. The molecule has 0 bridgehead atoms. The number of ether oxygens (including phenoxy) is 6. The molecule has 12 rings (SSSR count). The monoisotopic (exact) mass is 1540 g/mol. The first-order valence-electron chi connectivity index (χ1n) is 30.3. The maximum absolute atomic E-state index is 13.3. The molecule has 27 nitrogen and oxygen atoms in total. The van der Waals surface area contributed by atoms with Crippen LogP contribution in [0.4, 0.5) is 69.0 Å². The van der Waals surface area contributed by atoms with Crippen molar-refractivity contribution in [3.8, 4) is 34.5 Å². The Labute approximate surface area is 598 Å². The van der Waals surface area contributed by atoms with E-state index in [4.69, 9.17) is 34.2 Å². The maximum Gasteiger partial charge on any atom is 0.263 e. The lowest BCUT2D eigenvalue weighted by Gasteiger charge is -2.16. The van der Waals surface area contributed by atoms with E-state index in [1.807, 2.05) is 60.3 Å². The summed E-state index contributed by atoms with van der Waals surface area (Å²) < 4.78 is 118. The third-order valence-corrected chi connectivity index (χ3v) is 18.5. The third kappa shape index (κ3) is 19.1. The number of rotatable bonds is 23. The van der Waals surface area contributed by atoms with Crippen LogP contribution in [-0.4, -0.2) is 124 Å². The molecule has 0 amide bonds. The third-order valence-electron chi connectivity index (χ3n) is 14.5. The van der Waals surface area contributed by atoms with Crippen molar-refractivity contribution in [3.05, 3.63) is 200 Å². The Balaban J connectivity index is 0.000000174. The van der Waals surface area contributed by atoms with E-state index in [1.54, 1.807) is 183 Å². The van der Waals surface area contributed by atoms with Gasteiger partial charge in [0.25, 0.3) is 30.1 Å². The van der Waals surface area contributed by atoms with E-state index in [2.05, 4.69) is 87.9 Å². The number of benzene rings is 9. The molecule has 9 aromatic carbocycles. The zero-order valence-electron chi connectivity index (χ0n) is 56.3. The minimum Gasteiger partial charge on any atom is -0.497 e. The summed E-state index contributed by atoms with van der Waals surface area (Å²) in [6.45, 7) is 0. The Kier molecular flexibility index (Phi) is 24.4. The molecule has 31 heteroatoms. The minimum atomic E-state index is -3.97. The number of fused-ring (bicyclic) bond motifs is 3. The number of hydrogen-bond donors (Lipinski definition) is 8. The van der Waals surface area contributed by atoms with Crippen LogP contribution >= 0.6 is 22.6 Å². The van der Waals surface area contributed by atoms with Gasteiger partial charge in [-0.2, -0.15) is 0 Å². The summed E-state index contributed by atoms with van der Waals surface area (Å²) in [6.07, 6.45) is 0. The van der Waals surface area contributed by atoms with E-state index < -0.39 is 30.1 Å². The molecule has 0 aliphatic carbocycles. The van der Waals surface area contributed by atoms with Crippen molar-refractivity contribution in [2.45, 2.75) is 14.7 Å². The first kappa shape index (κ1) is 73.8. The van der Waals surface area contributed by atoms with Crippen LogP contribution in [0.1, 0.15) is 0 Å². The lowest BCUT2D eigenvalue weighted by molar-refractivity contribution is 0.394. The Bertz CT molecular complexity index is 5220. The average molecular weight is 1540 g/mol. The molecule has 0 spiro atoms. The second kappa shape index (κ2) is 33.4. The van der Waals surface area contributed by atoms with Crippen molar-refractivity contribution in [3.63, 3.8) is 0 Å². The lowest BCUT2D eigenvalue weighted by atomic mass is 10.2. The highest BCUT2D eigenvalue weighted by atomic mass is 127. The van der Waals surface area contributed by atoms with Gasteiger partial charge in [-0.15, -0.1) is 0 Å². The largest absolute Gasteiger partial charge is 0.497 e. The summed E-state index contributed by atoms with van der Waals surface area (Å²) in [5, 5.41) is 12.3. The minimum absolute atomic E-state index is 0.0152. The highest BCUT2D eigenvalue weighted by molar-refractivity contribution is 14.1. The number of halogens is 1. The van der Waals surface area contributed by atoms with Gasteiger partial charge in [-0.05, 0) is 95.9 Å².